The second-order valence-electron chi connectivity index (χ2n) is 4.80. The Kier molecular flexibility index (Phi) is 4.35. The molecule has 1 unspecified atom stereocenters. The van der Waals surface area contributed by atoms with Gasteiger partial charge in [-0.3, -0.25) is 4.79 Å². The lowest BCUT2D eigenvalue weighted by atomic mass is 10.1. The summed E-state index contributed by atoms with van der Waals surface area (Å²) in [6, 6.07) is 7.91. The molecule has 0 bridgehead atoms. The van der Waals surface area contributed by atoms with Crippen LogP contribution in [0.4, 0.5) is 0 Å². The van der Waals surface area contributed by atoms with Crippen LogP contribution in [0.2, 0.25) is 0 Å². The van der Waals surface area contributed by atoms with E-state index in [0.29, 0.717) is 25.3 Å². The minimum Gasteiger partial charge on any atom is -0.388 e. The van der Waals surface area contributed by atoms with Crippen LogP contribution >= 0.6 is 27.7 Å². The third-order valence-corrected chi connectivity index (χ3v) is 4.51. The van der Waals surface area contributed by atoms with Crippen molar-refractivity contribution >= 4 is 33.6 Å². The molecule has 0 aromatic heterocycles. The Bertz CT molecular complexity index is 433. The highest BCUT2D eigenvalue weighted by Gasteiger charge is 2.33. The molecular weight excluding hydrogens is 314 g/mol. The topological polar surface area (TPSA) is 40.5 Å². The van der Waals surface area contributed by atoms with Crippen LogP contribution in [0.1, 0.15) is 13.3 Å². The van der Waals surface area contributed by atoms with Crippen molar-refractivity contribution in [1.82, 2.24) is 4.90 Å². The molecule has 1 heterocycles. The van der Waals surface area contributed by atoms with Crippen LogP contribution in [0, 0.1) is 0 Å². The Morgan fingerprint density at radius 3 is 2.72 bits per heavy atom. The number of amides is 1. The molecular formula is C13H16BrNO2S. The van der Waals surface area contributed by atoms with Gasteiger partial charge in [0, 0.05) is 22.5 Å². The van der Waals surface area contributed by atoms with Crippen LogP contribution in [-0.2, 0) is 4.79 Å². The van der Waals surface area contributed by atoms with Crippen LogP contribution in [0.5, 0.6) is 0 Å². The highest BCUT2D eigenvalue weighted by molar-refractivity contribution is 9.10. The molecule has 0 aliphatic carbocycles. The molecule has 0 radical (unpaired) electrons. The maximum atomic E-state index is 12.0. The summed E-state index contributed by atoms with van der Waals surface area (Å²) >= 11 is 4.91. The maximum absolute atomic E-state index is 12.0. The third-order valence-electron chi connectivity index (χ3n) is 2.98. The number of rotatable bonds is 3. The van der Waals surface area contributed by atoms with Crippen LogP contribution < -0.4 is 0 Å². The van der Waals surface area contributed by atoms with E-state index in [-0.39, 0.29) is 5.91 Å². The van der Waals surface area contributed by atoms with Crippen LogP contribution in [0.15, 0.2) is 33.6 Å². The van der Waals surface area contributed by atoms with E-state index in [2.05, 4.69) is 15.9 Å². The molecule has 1 fully saturated rings. The first-order valence-electron chi connectivity index (χ1n) is 5.85. The molecule has 0 saturated carbocycles. The summed E-state index contributed by atoms with van der Waals surface area (Å²) in [5.74, 6) is 0.526. The van der Waals surface area contributed by atoms with Crippen molar-refractivity contribution < 1.29 is 9.90 Å². The molecule has 1 atom stereocenters. The molecule has 1 aliphatic heterocycles. The van der Waals surface area contributed by atoms with E-state index < -0.39 is 5.60 Å². The molecule has 3 nitrogen and oxygen atoms in total. The van der Waals surface area contributed by atoms with Gasteiger partial charge in [0.1, 0.15) is 0 Å². The van der Waals surface area contributed by atoms with E-state index in [1.165, 1.54) is 11.8 Å². The van der Waals surface area contributed by atoms with Crippen LogP contribution in [-0.4, -0.2) is 40.4 Å². The van der Waals surface area contributed by atoms with Gasteiger partial charge in [-0.15, -0.1) is 11.8 Å². The predicted molar refractivity (Wildman–Crippen MR) is 76.7 cm³/mol. The largest absolute Gasteiger partial charge is 0.388 e. The Morgan fingerprint density at radius 1 is 1.50 bits per heavy atom. The summed E-state index contributed by atoms with van der Waals surface area (Å²) in [6.07, 6.45) is 0.668. The quantitative estimate of drug-likeness (QED) is 0.866. The molecule has 1 amide bonds. The Balaban J connectivity index is 1.84. The SMILES string of the molecule is CC1(O)CCN(C(=O)CSc2ccc(Br)cc2)C1. The molecule has 1 aromatic carbocycles. The zero-order valence-electron chi connectivity index (χ0n) is 10.2. The van der Waals surface area contributed by atoms with Crippen molar-refractivity contribution in [2.45, 2.75) is 23.8 Å². The predicted octanol–water partition coefficient (Wildman–Crippen LogP) is 2.52. The fourth-order valence-electron chi connectivity index (χ4n) is 1.93. The first-order valence-corrected chi connectivity index (χ1v) is 7.63. The molecule has 1 aromatic rings. The van der Waals surface area contributed by atoms with Crippen molar-refractivity contribution in [2.75, 3.05) is 18.8 Å². The van der Waals surface area contributed by atoms with Crippen molar-refractivity contribution in [3.63, 3.8) is 0 Å². The standard InChI is InChI=1S/C13H16BrNO2S/c1-13(17)6-7-15(9-13)12(16)8-18-11-4-2-10(14)3-5-11/h2-5,17H,6-9H2,1H3. The number of thioether (sulfide) groups is 1. The summed E-state index contributed by atoms with van der Waals surface area (Å²) in [5, 5.41) is 9.82. The fraction of sp³-hybridized carbons (Fsp3) is 0.462. The Hall–Kier alpha value is -0.520. The van der Waals surface area contributed by atoms with E-state index >= 15 is 0 Å². The smallest absolute Gasteiger partial charge is 0.233 e. The van der Waals surface area contributed by atoms with E-state index in [1.54, 1.807) is 11.8 Å². The maximum Gasteiger partial charge on any atom is 0.233 e. The van der Waals surface area contributed by atoms with Gasteiger partial charge in [-0.05, 0) is 37.6 Å². The molecule has 0 spiro atoms. The summed E-state index contributed by atoms with van der Waals surface area (Å²) in [4.78, 5) is 14.8. The van der Waals surface area contributed by atoms with Crippen molar-refractivity contribution in [3.8, 4) is 0 Å². The van der Waals surface area contributed by atoms with E-state index in [9.17, 15) is 9.90 Å². The lowest BCUT2D eigenvalue weighted by Gasteiger charge is -2.18. The zero-order valence-corrected chi connectivity index (χ0v) is 12.6. The molecule has 98 valence electrons. The summed E-state index contributed by atoms with van der Waals surface area (Å²) < 4.78 is 1.04. The Labute approximate surface area is 120 Å². The number of β-amino-alcohol motifs (C(OH)–C–C–N with tert-alkyl or cyclic N) is 1. The molecule has 1 N–H and O–H groups in total. The number of nitrogens with zero attached hydrogens (tertiary/aromatic N) is 1. The molecule has 1 aliphatic rings. The van der Waals surface area contributed by atoms with E-state index in [0.717, 1.165) is 9.37 Å². The fourth-order valence-corrected chi connectivity index (χ4v) is 2.99. The van der Waals surface area contributed by atoms with Gasteiger partial charge in [-0.25, -0.2) is 0 Å². The second-order valence-corrected chi connectivity index (χ2v) is 6.77. The number of aliphatic hydroxyl groups is 1. The average molecular weight is 330 g/mol. The molecule has 5 heteroatoms. The van der Waals surface area contributed by atoms with Gasteiger partial charge < -0.3 is 10.0 Å². The van der Waals surface area contributed by atoms with Gasteiger partial charge in [0.25, 0.3) is 0 Å². The van der Waals surface area contributed by atoms with Gasteiger partial charge in [-0.2, -0.15) is 0 Å². The van der Waals surface area contributed by atoms with E-state index in [4.69, 9.17) is 0 Å². The zero-order chi connectivity index (χ0) is 13.2. The van der Waals surface area contributed by atoms with Crippen LogP contribution in [0.3, 0.4) is 0 Å². The lowest BCUT2D eigenvalue weighted by Crippen LogP contribution is -2.34. The minimum atomic E-state index is -0.710. The van der Waals surface area contributed by atoms with Crippen molar-refractivity contribution in [1.29, 1.82) is 0 Å². The summed E-state index contributed by atoms with van der Waals surface area (Å²) in [7, 11) is 0. The second kappa shape index (κ2) is 5.63. The van der Waals surface area contributed by atoms with Gasteiger partial charge in [0.2, 0.25) is 5.91 Å². The number of benzene rings is 1. The third kappa shape index (κ3) is 3.73. The van der Waals surface area contributed by atoms with Crippen molar-refractivity contribution in [2.24, 2.45) is 0 Å². The number of carbonyl (C=O) groups is 1. The monoisotopic (exact) mass is 329 g/mol. The molecule has 18 heavy (non-hydrogen) atoms. The molecule has 2 rings (SSSR count). The van der Waals surface area contributed by atoms with Crippen LogP contribution in [0.25, 0.3) is 0 Å². The average Bonchev–Trinajstić information content (AvgIpc) is 2.69. The first kappa shape index (κ1) is 13.9. The van der Waals surface area contributed by atoms with Gasteiger partial charge in [0.15, 0.2) is 0 Å². The van der Waals surface area contributed by atoms with E-state index in [1.807, 2.05) is 24.3 Å². The first-order chi connectivity index (χ1) is 8.46. The van der Waals surface area contributed by atoms with Gasteiger partial charge in [0.05, 0.1) is 11.4 Å². The lowest BCUT2D eigenvalue weighted by molar-refractivity contribution is -0.128. The number of carbonyl (C=O) groups excluding carboxylic acids is 1. The normalized spacial score (nSPS) is 23.4. The summed E-state index contributed by atoms with van der Waals surface area (Å²) in [5.41, 5.74) is -0.710. The molecule has 1 saturated heterocycles. The summed E-state index contributed by atoms with van der Waals surface area (Å²) in [6.45, 7) is 2.89. The number of halogens is 1. The highest BCUT2D eigenvalue weighted by Crippen LogP contribution is 2.24. The number of likely N-dealkylation sites (tertiary alicyclic amines) is 1. The Morgan fingerprint density at radius 2 is 2.17 bits per heavy atom. The van der Waals surface area contributed by atoms with Crippen molar-refractivity contribution in [3.05, 3.63) is 28.7 Å². The highest BCUT2D eigenvalue weighted by atomic mass is 79.9. The van der Waals surface area contributed by atoms with Gasteiger partial charge >= 0.3 is 0 Å². The number of hydrogen-bond donors (Lipinski definition) is 1. The minimum absolute atomic E-state index is 0.0979. The number of hydrogen-bond acceptors (Lipinski definition) is 3. The van der Waals surface area contributed by atoms with Gasteiger partial charge in [-0.1, -0.05) is 15.9 Å².